The predicted octanol–water partition coefficient (Wildman–Crippen LogP) is 3.63. The van der Waals surface area contributed by atoms with E-state index >= 15 is 0 Å². The van der Waals surface area contributed by atoms with Crippen molar-refractivity contribution in [2.75, 3.05) is 10.6 Å². The first-order valence-corrected chi connectivity index (χ1v) is 8.76. The summed E-state index contributed by atoms with van der Waals surface area (Å²) in [7, 11) is 0. The summed E-state index contributed by atoms with van der Waals surface area (Å²) < 4.78 is 31.8. The fraction of sp³-hybridized carbons (Fsp3) is 0.263. The van der Waals surface area contributed by atoms with Gasteiger partial charge in [0.25, 0.3) is 11.6 Å². The first-order valence-electron chi connectivity index (χ1n) is 8.76. The molecule has 0 radical (unpaired) electrons. The largest absolute Gasteiger partial charge is 0.449 e. The Labute approximate surface area is 164 Å². The average Bonchev–Trinajstić information content (AvgIpc) is 3.48. The molecule has 0 aliphatic heterocycles. The minimum Gasteiger partial charge on any atom is -0.449 e. The molecule has 0 saturated heterocycles. The Morgan fingerprint density at radius 3 is 2.55 bits per heavy atom. The van der Waals surface area contributed by atoms with Crippen molar-refractivity contribution in [3.63, 3.8) is 0 Å². The van der Waals surface area contributed by atoms with Gasteiger partial charge in [-0.3, -0.25) is 14.9 Å². The molecule has 1 aliphatic carbocycles. The zero-order chi connectivity index (χ0) is 21.1. The Balaban J connectivity index is 1.68. The lowest BCUT2D eigenvalue weighted by Crippen LogP contribution is -2.30. The van der Waals surface area contributed by atoms with Crippen molar-refractivity contribution < 1.29 is 28.0 Å². The lowest BCUT2D eigenvalue weighted by molar-refractivity contribution is -0.384. The molecule has 10 heteroatoms. The van der Waals surface area contributed by atoms with Crippen LogP contribution in [0.2, 0.25) is 0 Å². The number of nitrogens with zero attached hydrogens (tertiary/aromatic N) is 1. The minimum absolute atomic E-state index is 0.116. The van der Waals surface area contributed by atoms with Crippen molar-refractivity contribution in [2.45, 2.75) is 31.9 Å². The highest BCUT2D eigenvalue weighted by Gasteiger charge is 2.27. The molecule has 2 aromatic carbocycles. The van der Waals surface area contributed by atoms with E-state index in [-0.39, 0.29) is 17.3 Å². The Hall–Kier alpha value is -3.56. The summed E-state index contributed by atoms with van der Waals surface area (Å²) in [5.74, 6) is -3.45. The number of carbonyl (C=O) groups is 2. The normalized spacial score (nSPS) is 14.0. The fourth-order valence-electron chi connectivity index (χ4n) is 2.49. The van der Waals surface area contributed by atoms with E-state index in [2.05, 4.69) is 10.6 Å². The van der Waals surface area contributed by atoms with Crippen LogP contribution in [0.3, 0.4) is 0 Å². The van der Waals surface area contributed by atoms with Crippen molar-refractivity contribution in [1.82, 2.24) is 0 Å². The summed E-state index contributed by atoms with van der Waals surface area (Å²) in [4.78, 5) is 35.0. The molecule has 29 heavy (non-hydrogen) atoms. The Morgan fingerprint density at radius 2 is 1.90 bits per heavy atom. The van der Waals surface area contributed by atoms with Crippen LogP contribution >= 0.6 is 0 Å². The van der Waals surface area contributed by atoms with Crippen molar-refractivity contribution in [3.05, 3.63) is 63.7 Å². The van der Waals surface area contributed by atoms with Gasteiger partial charge in [-0.15, -0.1) is 0 Å². The molecule has 0 heterocycles. The number of esters is 1. The number of benzene rings is 2. The Morgan fingerprint density at radius 1 is 1.17 bits per heavy atom. The first-order chi connectivity index (χ1) is 13.7. The van der Waals surface area contributed by atoms with Gasteiger partial charge in [-0.05, 0) is 44.0 Å². The van der Waals surface area contributed by atoms with Crippen LogP contribution in [0.5, 0.6) is 0 Å². The summed E-state index contributed by atoms with van der Waals surface area (Å²) in [6, 6.07) is 6.51. The standard InChI is InChI=1S/C19H17F2N3O5/c1-10(18(25)23-16-9-12(20)3-6-14(16)21)29-19(26)11-2-7-15(22-13-4-5-13)17(8-11)24(27)28/h2-3,6-10,13,22H,4-5H2,1H3,(H,23,25)/t10-/m0/s1. The molecule has 0 unspecified atom stereocenters. The molecule has 0 bridgehead atoms. The summed E-state index contributed by atoms with van der Waals surface area (Å²) in [6.45, 7) is 1.24. The molecule has 3 rings (SSSR count). The number of halogens is 2. The summed E-state index contributed by atoms with van der Waals surface area (Å²) >= 11 is 0. The lowest BCUT2D eigenvalue weighted by atomic mass is 10.1. The third-order valence-corrected chi connectivity index (χ3v) is 4.21. The Kier molecular flexibility index (Phi) is 5.71. The molecule has 0 aromatic heterocycles. The molecule has 8 nitrogen and oxygen atoms in total. The van der Waals surface area contributed by atoms with E-state index in [0.717, 1.165) is 37.1 Å². The average molecular weight is 405 g/mol. The number of nitrogens with one attached hydrogen (secondary N) is 2. The van der Waals surface area contributed by atoms with Gasteiger partial charge in [0.15, 0.2) is 6.10 Å². The third-order valence-electron chi connectivity index (χ3n) is 4.21. The minimum atomic E-state index is -1.35. The van der Waals surface area contributed by atoms with Crippen LogP contribution in [-0.4, -0.2) is 28.9 Å². The van der Waals surface area contributed by atoms with Crippen molar-refractivity contribution in [2.24, 2.45) is 0 Å². The number of amides is 1. The van der Waals surface area contributed by atoms with Gasteiger partial charge < -0.3 is 15.4 Å². The van der Waals surface area contributed by atoms with Gasteiger partial charge in [0.1, 0.15) is 17.3 Å². The molecule has 1 amide bonds. The molecule has 152 valence electrons. The zero-order valence-electron chi connectivity index (χ0n) is 15.3. The second-order valence-electron chi connectivity index (χ2n) is 6.57. The fourth-order valence-corrected chi connectivity index (χ4v) is 2.49. The molecular formula is C19H17F2N3O5. The summed E-state index contributed by atoms with van der Waals surface area (Å²) in [5.41, 5.74) is -0.509. The van der Waals surface area contributed by atoms with Crippen molar-refractivity contribution in [3.8, 4) is 0 Å². The number of hydrogen-bond acceptors (Lipinski definition) is 6. The predicted molar refractivity (Wildman–Crippen MR) is 99.6 cm³/mol. The van der Waals surface area contributed by atoms with Gasteiger partial charge in [0.2, 0.25) is 0 Å². The van der Waals surface area contributed by atoms with Gasteiger partial charge in [-0.2, -0.15) is 0 Å². The number of nitro benzene ring substituents is 1. The van der Waals surface area contributed by atoms with Crippen LogP contribution in [0, 0.1) is 21.7 Å². The molecule has 2 aromatic rings. The first kappa shape index (κ1) is 20.2. The molecule has 2 N–H and O–H groups in total. The van der Waals surface area contributed by atoms with E-state index in [9.17, 15) is 28.5 Å². The number of rotatable bonds is 7. The SMILES string of the molecule is C[C@H](OC(=O)c1ccc(NC2CC2)c([N+](=O)[O-])c1)C(=O)Nc1cc(F)ccc1F. The number of nitro groups is 1. The maximum Gasteiger partial charge on any atom is 0.339 e. The highest BCUT2D eigenvalue weighted by molar-refractivity contribution is 5.98. The maximum absolute atomic E-state index is 13.6. The van der Waals surface area contributed by atoms with Gasteiger partial charge in [0.05, 0.1) is 16.2 Å². The van der Waals surface area contributed by atoms with Gasteiger partial charge >= 0.3 is 5.97 Å². The van der Waals surface area contributed by atoms with Gasteiger partial charge in [0, 0.05) is 18.2 Å². The highest BCUT2D eigenvalue weighted by atomic mass is 19.1. The maximum atomic E-state index is 13.6. The molecule has 1 saturated carbocycles. The second-order valence-corrected chi connectivity index (χ2v) is 6.57. The Bertz CT molecular complexity index is 978. The summed E-state index contributed by atoms with van der Waals surface area (Å²) in [5, 5.41) is 16.4. The lowest BCUT2D eigenvalue weighted by Gasteiger charge is -2.14. The van der Waals surface area contributed by atoms with Crippen LogP contribution in [0.25, 0.3) is 0 Å². The smallest absolute Gasteiger partial charge is 0.339 e. The topological polar surface area (TPSA) is 111 Å². The molecule has 1 aliphatic rings. The van der Waals surface area contributed by atoms with Crippen LogP contribution in [-0.2, 0) is 9.53 Å². The summed E-state index contributed by atoms with van der Waals surface area (Å²) in [6.07, 6.45) is 0.479. The number of carbonyl (C=O) groups excluding carboxylic acids is 2. The van der Waals surface area contributed by atoms with E-state index in [0.29, 0.717) is 5.69 Å². The molecular weight excluding hydrogens is 388 g/mol. The van der Waals surface area contributed by atoms with Crippen LogP contribution in [0.4, 0.5) is 25.8 Å². The van der Waals surface area contributed by atoms with Gasteiger partial charge in [-0.1, -0.05) is 0 Å². The quantitative estimate of drug-likeness (QED) is 0.413. The van der Waals surface area contributed by atoms with E-state index in [1.54, 1.807) is 0 Å². The van der Waals surface area contributed by atoms with E-state index < -0.39 is 40.2 Å². The third kappa shape index (κ3) is 5.03. The van der Waals surface area contributed by atoms with E-state index in [1.807, 2.05) is 0 Å². The van der Waals surface area contributed by atoms with E-state index in [1.165, 1.54) is 19.1 Å². The van der Waals surface area contributed by atoms with Crippen LogP contribution in [0.15, 0.2) is 36.4 Å². The molecule has 1 fully saturated rings. The number of ether oxygens (including phenoxy) is 1. The van der Waals surface area contributed by atoms with Crippen molar-refractivity contribution in [1.29, 1.82) is 0 Å². The molecule has 1 atom stereocenters. The molecule has 0 spiro atoms. The second kappa shape index (κ2) is 8.21. The highest BCUT2D eigenvalue weighted by Crippen LogP contribution is 2.31. The van der Waals surface area contributed by atoms with Crippen LogP contribution in [0.1, 0.15) is 30.1 Å². The number of hydrogen-bond donors (Lipinski definition) is 2. The zero-order valence-corrected chi connectivity index (χ0v) is 15.3. The van der Waals surface area contributed by atoms with Crippen molar-refractivity contribution >= 4 is 28.9 Å². The number of anilines is 2. The van der Waals surface area contributed by atoms with Gasteiger partial charge in [-0.25, -0.2) is 13.6 Å². The van der Waals surface area contributed by atoms with E-state index in [4.69, 9.17) is 4.74 Å². The van der Waals surface area contributed by atoms with Crippen LogP contribution < -0.4 is 10.6 Å². The monoisotopic (exact) mass is 405 g/mol.